The van der Waals surface area contributed by atoms with Gasteiger partial charge in [0.25, 0.3) is 0 Å². The van der Waals surface area contributed by atoms with Crippen molar-refractivity contribution in [3.63, 3.8) is 0 Å². The third-order valence-electron chi connectivity index (χ3n) is 3.95. The second kappa shape index (κ2) is 7.65. The molecule has 0 aromatic carbocycles. The van der Waals surface area contributed by atoms with Crippen molar-refractivity contribution in [2.24, 2.45) is 7.05 Å². The van der Waals surface area contributed by atoms with Crippen molar-refractivity contribution in [2.45, 2.75) is 57.6 Å². The molecule has 1 aliphatic rings. The molecule has 19 heavy (non-hydrogen) atoms. The molecule has 1 saturated heterocycles. The molecule has 1 aromatic rings. The Morgan fingerprint density at radius 1 is 1.53 bits per heavy atom. The highest BCUT2D eigenvalue weighted by molar-refractivity contribution is 5.01. The third-order valence-corrected chi connectivity index (χ3v) is 3.95. The third kappa shape index (κ3) is 4.32. The maximum Gasteiger partial charge on any atom is 0.0728 e. The lowest BCUT2D eigenvalue weighted by molar-refractivity contribution is -0.00922. The van der Waals surface area contributed by atoms with E-state index in [9.17, 15) is 0 Å². The Morgan fingerprint density at radius 2 is 2.42 bits per heavy atom. The molecule has 1 aliphatic heterocycles. The smallest absolute Gasteiger partial charge is 0.0728 e. The largest absolute Gasteiger partial charge is 0.377 e. The van der Waals surface area contributed by atoms with Gasteiger partial charge in [0.2, 0.25) is 0 Å². The molecule has 0 bridgehead atoms. The quantitative estimate of drug-likeness (QED) is 0.822. The number of hydrogen-bond acceptors (Lipinski definition) is 3. The van der Waals surface area contributed by atoms with E-state index in [0.29, 0.717) is 12.1 Å². The summed E-state index contributed by atoms with van der Waals surface area (Å²) in [6.07, 6.45) is 9.37. The van der Waals surface area contributed by atoms with Crippen LogP contribution in [0.4, 0.5) is 0 Å². The fourth-order valence-electron chi connectivity index (χ4n) is 2.78. The Kier molecular flexibility index (Phi) is 5.86. The van der Waals surface area contributed by atoms with Crippen molar-refractivity contribution in [2.75, 3.05) is 13.2 Å². The van der Waals surface area contributed by atoms with Gasteiger partial charge >= 0.3 is 0 Å². The lowest BCUT2D eigenvalue weighted by Gasteiger charge is -2.31. The van der Waals surface area contributed by atoms with Crippen molar-refractivity contribution in [1.29, 1.82) is 0 Å². The zero-order valence-electron chi connectivity index (χ0n) is 12.3. The molecule has 0 aliphatic carbocycles. The molecule has 1 N–H and O–H groups in total. The van der Waals surface area contributed by atoms with Gasteiger partial charge in [0.15, 0.2) is 0 Å². The van der Waals surface area contributed by atoms with Gasteiger partial charge < -0.3 is 10.1 Å². The molecule has 2 rings (SSSR count). The predicted molar refractivity (Wildman–Crippen MR) is 77.2 cm³/mol. The first-order valence-corrected chi connectivity index (χ1v) is 7.63. The maximum absolute atomic E-state index is 5.95. The van der Waals surface area contributed by atoms with Crippen LogP contribution in [0, 0.1) is 0 Å². The molecule has 0 saturated carbocycles. The average molecular weight is 265 g/mol. The van der Waals surface area contributed by atoms with E-state index in [0.717, 1.165) is 26.0 Å². The summed E-state index contributed by atoms with van der Waals surface area (Å²) in [7, 11) is 2.01. The second-order valence-electron chi connectivity index (χ2n) is 5.45. The molecule has 0 radical (unpaired) electrons. The molecule has 0 spiro atoms. The van der Waals surface area contributed by atoms with Gasteiger partial charge in [0.05, 0.1) is 6.10 Å². The number of aryl methyl sites for hydroxylation is 2. The predicted octanol–water partition coefficient (Wildman–Crippen LogP) is 2.29. The van der Waals surface area contributed by atoms with Crippen LogP contribution in [0.1, 0.15) is 44.7 Å². The molecule has 0 amide bonds. The fraction of sp³-hybridized carbons (Fsp3) is 0.800. The summed E-state index contributed by atoms with van der Waals surface area (Å²) >= 11 is 0. The molecule has 1 fully saturated rings. The van der Waals surface area contributed by atoms with E-state index in [1.807, 2.05) is 17.9 Å². The molecule has 108 valence electrons. The first-order chi connectivity index (χ1) is 9.31. The highest BCUT2D eigenvalue weighted by Gasteiger charge is 2.23. The molecular formula is C15H27N3O. The van der Waals surface area contributed by atoms with Crippen LogP contribution < -0.4 is 5.32 Å². The van der Waals surface area contributed by atoms with Gasteiger partial charge in [-0.05, 0) is 51.1 Å². The summed E-state index contributed by atoms with van der Waals surface area (Å²) in [5.41, 5.74) is 1.30. The van der Waals surface area contributed by atoms with Gasteiger partial charge in [-0.3, -0.25) is 4.68 Å². The standard InChI is InChI=1S/C15H27N3O/c1-3-10-16-14(15-6-4-5-12-19-15)8-7-13-9-11-17-18(13)2/h9,11,14-16H,3-8,10,12H2,1-2H3. The van der Waals surface area contributed by atoms with Crippen LogP contribution in [0.25, 0.3) is 0 Å². The van der Waals surface area contributed by atoms with E-state index in [4.69, 9.17) is 4.74 Å². The lowest BCUT2D eigenvalue weighted by Crippen LogP contribution is -2.43. The summed E-state index contributed by atoms with van der Waals surface area (Å²) in [5.74, 6) is 0. The first-order valence-electron chi connectivity index (χ1n) is 7.63. The van der Waals surface area contributed by atoms with Crippen molar-refractivity contribution < 1.29 is 4.74 Å². The monoisotopic (exact) mass is 265 g/mol. The van der Waals surface area contributed by atoms with Gasteiger partial charge in [-0.2, -0.15) is 5.10 Å². The summed E-state index contributed by atoms with van der Waals surface area (Å²) in [4.78, 5) is 0. The zero-order valence-corrected chi connectivity index (χ0v) is 12.3. The molecule has 2 unspecified atom stereocenters. The fourth-order valence-corrected chi connectivity index (χ4v) is 2.78. The van der Waals surface area contributed by atoms with Crippen molar-refractivity contribution >= 4 is 0 Å². The van der Waals surface area contributed by atoms with E-state index in [1.165, 1.54) is 31.4 Å². The molecule has 2 heterocycles. The van der Waals surface area contributed by atoms with Gasteiger partial charge in [0, 0.05) is 31.6 Å². The van der Waals surface area contributed by atoms with E-state index in [-0.39, 0.29) is 0 Å². The van der Waals surface area contributed by atoms with E-state index in [2.05, 4.69) is 23.4 Å². The minimum atomic E-state index is 0.397. The normalized spacial score (nSPS) is 21.5. The van der Waals surface area contributed by atoms with Crippen LogP contribution in [0.3, 0.4) is 0 Å². The second-order valence-corrected chi connectivity index (χ2v) is 5.45. The molecule has 2 atom stereocenters. The van der Waals surface area contributed by atoms with Crippen LogP contribution in [0.5, 0.6) is 0 Å². The van der Waals surface area contributed by atoms with E-state index < -0.39 is 0 Å². The van der Waals surface area contributed by atoms with Crippen LogP contribution in [0.15, 0.2) is 12.3 Å². The number of hydrogen-bond donors (Lipinski definition) is 1. The van der Waals surface area contributed by atoms with Gasteiger partial charge in [-0.25, -0.2) is 0 Å². The number of nitrogens with one attached hydrogen (secondary N) is 1. The molecule has 4 heteroatoms. The molecule has 1 aromatic heterocycles. The Morgan fingerprint density at radius 3 is 3.05 bits per heavy atom. The van der Waals surface area contributed by atoms with E-state index in [1.54, 1.807) is 0 Å². The summed E-state index contributed by atoms with van der Waals surface area (Å²) in [6.45, 7) is 4.23. The summed E-state index contributed by atoms with van der Waals surface area (Å²) < 4.78 is 7.92. The summed E-state index contributed by atoms with van der Waals surface area (Å²) in [5, 5.41) is 7.90. The highest BCUT2D eigenvalue weighted by Crippen LogP contribution is 2.19. The van der Waals surface area contributed by atoms with Crippen LogP contribution in [-0.4, -0.2) is 35.1 Å². The zero-order chi connectivity index (χ0) is 13.5. The Hall–Kier alpha value is -0.870. The lowest BCUT2D eigenvalue weighted by atomic mass is 9.97. The Bertz CT molecular complexity index is 358. The highest BCUT2D eigenvalue weighted by atomic mass is 16.5. The number of nitrogens with zero attached hydrogens (tertiary/aromatic N) is 2. The number of rotatable bonds is 7. The van der Waals surface area contributed by atoms with Crippen molar-refractivity contribution in [3.05, 3.63) is 18.0 Å². The Balaban J connectivity index is 1.87. The van der Waals surface area contributed by atoms with Gasteiger partial charge in [-0.1, -0.05) is 6.92 Å². The molecular weight excluding hydrogens is 238 g/mol. The van der Waals surface area contributed by atoms with Crippen molar-refractivity contribution in [1.82, 2.24) is 15.1 Å². The number of aromatic nitrogens is 2. The minimum absolute atomic E-state index is 0.397. The first kappa shape index (κ1) is 14.5. The SMILES string of the molecule is CCCNC(CCc1ccnn1C)C1CCCCO1. The number of ether oxygens (including phenoxy) is 1. The summed E-state index contributed by atoms with van der Waals surface area (Å²) in [6, 6.07) is 2.59. The van der Waals surface area contributed by atoms with Gasteiger partial charge in [0.1, 0.15) is 0 Å². The average Bonchev–Trinajstić information content (AvgIpc) is 2.85. The van der Waals surface area contributed by atoms with Gasteiger partial charge in [-0.15, -0.1) is 0 Å². The molecule has 4 nitrogen and oxygen atoms in total. The maximum atomic E-state index is 5.95. The van der Waals surface area contributed by atoms with Crippen LogP contribution in [-0.2, 0) is 18.2 Å². The Labute approximate surface area is 116 Å². The minimum Gasteiger partial charge on any atom is -0.377 e. The van der Waals surface area contributed by atoms with Crippen molar-refractivity contribution in [3.8, 4) is 0 Å². The van der Waals surface area contributed by atoms with Crippen LogP contribution >= 0.6 is 0 Å². The topological polar surface area (TPSA) is 39.1 Å². The van der Waals surface area contributed by atoms with Crippen LogP contribution in [0.2, 0.25) is 0 Å². The van der Waals surface area contributed by atoms with E-state index >= 15 is 0 Å².